The van der Waals surface area contributed by atoms with Gasteiger partial charge in [0, 0.05) is 11.8 Å². The first-order valence-electron chi connectivity index (χ1n) is 10.2. The van der Waals surface area contributed by atoms with Crippen LogP contribution >= 0.6 is 0 Å². The molecule has 2 aliphatic heterocycles. The van der Waals surface area contributed by atoms with E-state index >= 15 is 0 Å². The summed E-state index contributed by atoms with van der Waals surface area (Å²) in [5, 5.41) is 2.98. The molecule has 2 aliphatic rings. The Morgan fingerprint density at radius 1 is 1.00 bits per heavy atom. The number of rotatable bonds is 6. The SMILES string of the molecule is O=C(CN1CCC(CCc2ccccc2)CC1)Nc1ccc2c(c1)OCCO2. The molecule has 4 rings (SSSR count). The molecular formula is C23H28N2O3. The summed E-state index contributed by atoms with van der Waals surface area (Å²) in [5.41, 5.74) is 2.18. The number of anilines is 1. The van der Waals surface area contributed by atoms with Crippen LogP contribution in [0.1, 0.15) is 24.8 Å². The quantitative estimate of drug-likeness (QED) is 0.829. The Hall–Kier alpha value is -2.53. The van der Waals surface area contributed by atoms with E-state index in [9.17, 15) is 4.79 Å². The summed E-state index contributed by atoms with van der Waals surface area (Å²) in [6.45, 7) is 3.55. The van der Waals surface area contributed by atoms with Crippen LogP contribution in [0.2, 0.25) is 0 Å². The molecule has 2 aromatic carbocycles. The first kappa shape index (κ1) is 18.8. The maximum absolute atomic E-state index is 12.4. The number of hydrogen-bond acceptors (Lipinski definition) is 4. The minimum absolute atomic E-state index is 0.0272. The summed E-state index contributed by atoms with van der Waals surface area (Å²) in [6.07, 6.45) is 4.73. The first-order valence-corrected chi connectivity index (χ1v) is 10.2. The average Bonchev–Trinajstić information content (AvgIpc) is 2.74. The monoisotopic (exact) mass is 380 g/mol. The smallest absolute Gasteiger partial charge is 0.238 e. The van der Waals surface area contributed by atoms with E-state index in [-0.39, 0.29) is 5.91 Å². The third kappa shape index (κ3) is 5.04. The number of aryl methyl sites for hydroxylation is 1. The predicted octanol–water partition coefficient (Wildman–Crippen LogP) is 3.74. The van der Waals surface area contributed by atoms with E-state index in [0.717, 1.165) is 36.9 Å². The number of carbonyl (C=O) groups is 1. The maximum atomic E-state index is 12.4. The van der Waals surface area contributed by atoms with Gasteiger partial charge in [-0.3, -0.25) is 9.69 Å². The van der Waals surface area contributed by atoms with Crippen molar-refractivity contribution in [3.05, 3.63) is 54.1 Å². The van der Waals surface area contributed by atoms with Gasteiger partial charge in [-0.1, -0.05) is 30.3 Å². The summed E-state index contributed by atoms with van der Waals surface area (Å²) in [6, 6.07) is 16.2. The van der Waals surface area contributed by atoms with E-state index in [1.54, 1.807) is 0 Å². The van der Waals surface area contributed by atoms with Crippen molar-refractivity contribution in [2.75, 3.05) is 38.2 Å². The number of ether oxygens (including phenoxy) is 2. The van der Waals surface area contributed by atoms with E-state index in [1.165, 1.54) is 24.8 Å². The summed E-state index contributed by atoms with van der Waals surface area (Å²) < 4.78 is 11.1. The maximum Gasteiger partial charge on any atom is 0.238 e. The molecule has 0 radical (unpaired) electrons. The van der Waals surface area contributed by atoms with Crippen molar-refractivity contribution in [1.82, 2.24) is 4.90 Å². The Balaban J connectivity index is 1.20. The van der Waals surface area contributed by atoms with Crippen molar-refractivity contribution in [1.29, 1.82) is 0 Å². The number of piperidine rings is 1. The van der Waals surface area contributed by atoms with Crippen LogP contribution in [0.4, 0.5) is 5.69 Å². The van der Waals surface area contributed by atoms with Gasteiger partial charge in [0.25, 0.3) is 0 Å². The fourth-order valence-corrected chi connectivity index (χ4v) is 3.97. The van der Waals surface area contributed by atoms with Gasteiger partial charge in [0.2, 0.25) is 5.91 Å². The lowest BCUT2D eigenvalue weighted by Gasteiger charge is -2.31. The van der Waals surface area contributed by atoms with E-state index in [4.69, 9.17) is 9.47 Å². The van der Waals surface area contributed by atoms with Gasteiger partial charge in [0.15, 0.2) is 11.5 Å². The Labute approximate surface area is 166 Å². The molecule has 2 heterocycles. The van der Waals surface area contributed by atoms with Crippen LogP contribution in [-0.2, 0) is 11.2 Å². The van der Waals surface area contributed by atoms with Crippen molar-refractivity contribution in [3.8, 4) is 11.5 Å². The third-order valence-electron chi connectivity index (χ3n) is 5.58. The lowest BCUT2D eigenvalue weighted by Crippen LogP contribution is -2.39. The number of nitrogens with one attached hydrogen (secondary N) is 1. The van der Waals surface area contributed by atoms with Crippen molar-refractivity contribution in [3.63, 3.8) is 0 Å². The molecule has 0 spiro atoms. The lowest BCUT2D eigenvalue weighted by molar-refractivity contribution is -0.117. The Bertz CT molecular complexity index is 786. The zero-order valence-electron chi connectivity index (χ0n) is 16.2. The normalized spacial score (nSPS) is 17.3. The fraction of sp³-hybridized carbons (Fsp3) is 0.435. The van der Waals surface area contributed by atoms with Crippen LogP contribution < -0.4 is 14.8 Å². The molecule has 0 atom stereocenters. The molecule has 1 N–H and O–H groups in total. The summed E-state index contributed by atoms with van der Waals surface area (Å²) in [5.74, 6) is 2.22. The van der Waals surface area contributed by atoms with Crippen LogP contribution in [0.25, 0.3) is 0 Å². The van der Waals surface area contributed by atoms with Crippen molar-refractivity contribution >= 4 is 11.6 Å². The third-order valence-corrected chi connectivity index (χ3v) is 5.58. The number of carbonyl (C=O) groups excluding carboxylic acids is 1. The van der Waals surface area contributed by atoms with Gasteiger partial charge in [-0.15, -0.1) is 0 Å². The van der Waals surface area contributed by atoms with Gasteiger partial charge >= 0.3 is 0 Å². The Kier molecular flexibility index (Phi) is 6.12. The molecule has 148 valence electrons. The molecule has 0 bridgehead atoms. The molecule has 28 heavy (non-hydrogen) atoms. The number of hydrogen-bond donors (Lipinski definition) is 1. The topological polar surface area (TPSA) is 50.8 Å². The Morgan fingerprint density at radius 3 is 2.54 bits per heavy atom. The molecular weight excluding hydrogens is 352 g/mol. The molecule has 1 fully saturated rings. The van der Waals surface area contributed by atoms with Gasteiger partial charge in [-0.2, -0.15) is 0 Å². The van der Waals surface area contributed by atoms with Crippen molar-refractivity contribution in [2.45, 2.75) is 25.7 Å². The zero-order chi connectivity index (χ0) is 19.2. The van der Waals surface area contributed by atoms with Crippen LogP contribution in [-0.4, -0.2) is 43.7 Å². The molecule has 5 nitrogen and oxygen atoms in total. The number of fused-ring (bicyclic) bond motifs is 1. The largest absolute Gasteiger partial charge is 0.486 e. The molecule has 5 heteroatoms. The predicted molar refractivity (Wildman–Crippen MR) is 110 cm³/mol. The molecule has 0 saturated carbocycles. The average molecular weight is 380 g/mol. The van der Waals surface area contributed by atoms with E-state index in [1.807, 2.05) is 18.2 Å². The van der Waals surface area contributed by atoms with Crippen molar-refractivity contribution < 1.29 is 14.3 Å². The van der Waals surface area contributed by atoms with E-state index in [2.05, 4.69) is 40.5 Å². The second-order valence-electron chi connectivity index (χ2n) is 7.65. The Morgan fingerprint density at radius 2 is 1.75 bits per heavy atom. The number of likely N-dealkylation sites (tertiary alicyclic amines) is 1. The molecule has 2 aromatic rings. The van der Waals surface area contributed by atoms with Gasteiger partial charge in [0.05, 0.1) is 6.54 Å². The zero-order valence-corrected chi connectivity index (χ0v) is 16.2. The molecule has 1 amide bonds. The van der Waals surface area contributed by atoms with Gasteiger partial charge < -0.3 is 14.8 Å². The summed E-state index contributed by atoms with van der Waals surface area (Å²) in [4.78, 5) is 14.7. The molecule has 0 unspecified atom stereocenters. The number of amides is 1. The molecule has 0 aliphatic carbocycles. The first-order chi connectivity index (χ1) is 13.8. The van der Waals surface area contributed by atoms with Crippen molar-refractivity contribution in [2.24, 2.45) is 5.92 Å². The number of nitrogens with zero attached hydrogens (tertiary/aromatic N) is 1. The highest BCUT2D eigenvalue weighted by Crippen LogP contribution is 2.32. The highest BCUT2D eigenvalue weighted by atomic mass is 16.6. The van der Waals surface area contributed by atoms with Gasteiger partial charge in [-0.05, 0) is 62.4 Å². The molecule has 0 aromatic heterocycles. The van der Waals surface area contributed by atoms with Crippen LogP contribution in [0.5, 0.6) is 11.5 Å². The lowest BCUT2D eigenvalue weighted by atomic mass is 9.90. The number of benzene rings is 2. The minimum Gasteiger partial charge on any atom is -0.486 e. The fourth-order valence-electron chi connectivity index (χ4n) is 3.97. The molecule has 1 saturated heterocycles. The van der Waals surface area contributed by atoms with E-state index < -0.39 is 0 Å². The van der Waals surface area contributed by atoms with Gasteiger partial charge in [-0.25, -0.2) is 0 Å². The van der Waals surface area contributed by atoms with Crippen LogP contribution in [0.3, 0.4) is 0 Å². The summed E-state index contributed by atoms with van der Waals surface area (Å²) >= 11 is 0. The van der Waals surface area contributed by atoms with Crippen LogP contribution in [0, 0.1) is 5.92 Å². The minimum atomic E-state index is 0.0272. The second-order valence-corrected chi connectivity index (χ2v) is 7.65. The highest BCUT2D eigenvalue weighted by molar-refractivity contribution is 5.92. The van der Waals surface area contributed by atoms with Gasteiger partial charge in [0.1, 0.15) is 13.2 Å². The second kappa shape index (κ2) is 9.11. The summed E-state index contributed by atoms with van der Waals surface area (Å²) in [7, 11) is 0. The highest BCUT2D eigenvalue weighted by Gasteiger charge is 2.21. The van der Waals surface area contributed by atoms with Crippen LogP contribution in [0.15, 0.2) is 48.5 Å². The standard InChI is InChI=1S/C23H28N2O3/c26-23(24-20-8-9-21-22(16-20)28-15-14-27-21)17-25-12-10-19(11-13-25)7-6-18-4-2-1-3-5-18/h1-5,8-9,16,19H,6-7,10-15,17H2,(H,24,26). The van der Waals surface area contributed by atoms with E-state index in [0.29, 0.717) is 25.5 Å².